The number of rotatable bonds is 3. The van der Waals surface area contributed by atoms with Crippen LogP contribution in [0.15, 0.2) is 4.99 Å². The Bertz CT molecular complexity index is 230. The summed E-state index contributed by atoms with van der Waals surface area (Å²) in [5.74, 6) is 6.20. The Hall–Kier alpha value is -0.420. The quantitative estimate of drug-likeness (QED) is 0.304. The summed E-state index contributed by atoms with van der Waals surface area (Å²) < 4.78 is 0. The topological polar surface area (TPSA) is 62.4 Å². The normalized spacial score (nSPS) is 26.9. The maximum absolute atomic E-state index is 5.48. The summed E-state index contributed by atoms with van der Waals surface area (Å²) in [6.45, 7) is 4.17. The third-order valence-electron chi connectivity index (χ3n) is 2.83. The molecule has 1 rings (SSSR count). The van der Waals surface area contributed by atoms with Crippen molar-refractivity contribution in [3.63, 3.8) is 0 Å². The van der Waals surface area contributed by atoms with Gasteiger partial charge in [0.05, 0.1) is 6.04 Å². The summed E-state index contributed by atoms with van der Waals surface area (Å²) in [4.78, 5) is 4.70. The van der Waals surface area contributed by atoms with E-state index in [0.717, 1.165) is 5.96 Å². The standard InChI is InChI=1S/C11H24N4S/c1-8(2)13-11(15-12)14-9-6-4-5-7-10(9)16-3/h8-10H,4-7,12H2,1-3H3,(H2,13,14,15). The van der Waals surface area contributed by atoms with Crippen LogP contribution in [-0.4, -0.2) is 29.5 Å². The molecule has 2 atom stereocenters. The molecular weight excluding hydrogens is 220 g/mol. The Morgan fingerprint density at radius 2 is 2.06 bits per heavy atom. The van der Waals surface area contributed by atoms with Crippen LogP contribution in [0.1, 0.15) is 39.5 Å². The van der Waals surface area contributed by atoms with E-state index in [1.807, 2.05) is 11.8 Å². The minimum absolute atomic E-state index is 0.353. The lowest BCUT2D eigenvalue weighted by molar-refractivity contribution is 0.452. The zero-order valence-corrected chi connectivity index (χ0v) is 11.3. The fraction of sp³-hybridized carbons (Fsp3) is 0.909. The highest BCUT2D eigenvalue weighted by Gasteiger charge is 2.24. The van der Waals surface area contributed by atoms with Crippen molar-refractivity contribution in [2.24, 2.45) is 10.8 Å². The first-order chi connectivity index (χ1) is 7.67. The smallest absolute Gasteiger partial charge is 0.206 e. The van der Waals surface area contributed by atoms with Crippen molar-refractivity contribution in [1.82, 2.24) is 10.7 Å². The lowest BCUT2D eigenvalue weighted by Gasteiger charge is -2.28. The molecule has 0 bridgehead atoms. The molecule has 0 spiro atoms. The molecule has 1 fully saturated rings. The van der Waals surface area contributed by atoms with E-state index in [2.05, 4.69) is 30.8 Å². The number of nitrogens with zero attached hydrogens (tertiary/aromatic N) is 1. The summed E-state index contributed by atoms with van der Waals surface area (Å²) in [7, 11) is 0. The molecule has 1 aliphatic rings. The van der Waals surface area contributed by atoms with Gasteiger partial charge in [-0.1, -0.05) is 12.8 Å². The van der Waals surface area contributed by atoms with Gasteiger partial charge in [-0.2, -0.15) is 11.8 Å². The molecule has 0 radical (unpaired) electrons. The Morgan fingerprint density at radius 3 is 2.62 bits per heavy atom. The molecule has 0 aromatic rings. The second-order valence-electron chi connectivity index (χ2n) is 4.55. The third-order valence-corrected chi connectivity index (χ3v) is 3.98. The van der Waals surface area contributed by atoms with Gasteiger partial charge in [-0.05, 0) is 32.9 Å². The highest BCUT2D eigenvalue weighted by Crippen LogP contribution is 2.29. The van der Waals surface area contributed by atoms with Crippen LogP contribution in [0.25, 0.3) is 0 Å². The van der Waals surface area contributed by atoms with Crippen LogP contribution in [0.3, 0.4) is 0 Å². The molecule has 1 aliphatic carbocycles. The molecule has 0 aliphatic heterocycles. The summed E-state index contributed by atoms with van der Waals surface area (Å²) in [5.41, 5.74) is 2.65. The second kappa shape index (κ2) is 7.01. The molecular formula is C11H24N4S. The van der Waals surface area contributed by atoms with Crippen molar-refractivity contribution < 1.29 is 0 Å². The van der Waals surface area contributed by atoms with Gasteiger partial charge in [0.2, 0.25) is 5.96 Å². The van der Waals surface area contributed by atoms with E-state index >= 15 is 0 Å². The Labute approximate surface area is 103 Å². The van der Waals surface area contributed by atoms with Crippen LogP contribution >= 0.6 is 11.8 Å². The Kier molecular flexibility index (Phi) is 5.98. The molecule has 1 saturated carbocycles. The third kappa shape index (κ3) is 4.22. The summed E-state index contributed by atoms with van der Waals surface area (Å²) in [6.07, 6.45) is 7.24. The number of nitrogens with two attached hydrogens (primary N) is 1. The molecule has 4 N–H and O–H groups in total. The van der Waals surface area contributed by atoms with Gasteiger partial charge in [-0.3, -0.25) is 5.43 Å². The van der Waals surface area contributed by atoms with E-state index in [9.17, 15) is 0 Å². The predicted molar refractivity (Wildman–Crippen MR) is 72.6 cm³/mol. The number of hydrogen-bond donors (Lipinski definition) is 3. The van der Waals surface area contributed by atoms with Crippen LogP contribution < -0.4 is 16.6 Å². The molecule has 5 heteroatoms. The largest absolute Gasteiger partial charge is 0.353 e. The van der Waals surface area contributed by atoms with Crippen molar-refractivity contribution in [1.29, 1.82) is 0 Å². The molecule has 0 amide bonds. The van der Waals surface area contributed by atoms with Gasteiger partial charge in [0.25, 0.3) is 0 Å². The maximum Gasteiger partial charge on any atom is 0.206 e. The van der Waals surface area contributed by atoms with Crippen molar-refractivity contribution >= 4 is 17.7 Å². The van der Waals surface area contributed by atoms with Crippen LogP contribution in [0.4, 0.5) is 0 Å². The Morgan fingerprint density at radius 1 is 1.38 bits per heavy atom. The number of guanidine groups is 1. The lowest BCUT2D eigenvalue weighted by atomic mass is 9.95. The SMILES string of the molecule is CSC1CCCCC1N=C(NN)NC(C)C. The molecule has 94 valence electrons. The number of aliphatic imine (C=N–C) groups is 1. The lowest BCUT2D eigenvalue weighted by Crippen LogP contribution is -2.46. The molecule has 0 heterocycles. The first-order valence-electron chi connectivity index (χ1n) is 6.01. The zero-order chi connectivity index (χ0) is 12.0. The first-order valence-corrected chi connectivity index (χ1v) is 7.30. The van der Waals surface area contributed by atoms with Gasteiger partial charge in [-0.15, -0.1) is 0 Å². The molecule has 4 nitrogen and oxygen atoms in total. The zero-order valence-electron chi connectivity index (χ0n) is 10.5. The molecule has 0 aromatic carbocycles. The Balaban J connectivity index is 2.61. The van der Waals surface area contributed by atoms with E-state index in [4.69, 9.17) is 10.8 Å². The average molecular weight is 244 g/mol. The van der Waals surface area contributed by atoms with Gasteiger partial charge in [0, 0.05) is 11.3 Å². The van der Waals surface area contributed by atoms with E-state index in [1.165, 1.54) is 25.7 Å². The monoisotopic (exact) mass is 244 g/mol. The fourth-order valence-corrected chi connectivity index (χ4v) is 2.97. The van der Waals surface area contributed by atoms with Crippen molar-refractivity contribution in [3.8, 4) is 0 Å². The van der Waals surface area contributed by atoms with Crippen LogP contribution in [0, 0.1) is 0 Å². The van der Waals surface area contributed by atoms with Crippen molar-refractivity contribution in [2.75, 3.05) is 6.26 Å². The van der Waals surface area contributed by atoms with E-state index in [0.29, 0.717) is 17.3 Å². The van der Waals surface area contributed by atoms with Gasteiger partial charge >= 0.3 is 0 Å². The number of hydrogen-bond acceptors (Lipinski definition) is 3. The predicted octanol–water partition coefficient (Wildman–Crippen LogP) is 1.48. The molecule has 2 unspecified atom stereocenters. The first kappa shape index (κ1) is 13.6. The summed E-state index contributed by atoms with van der Waals surface area (Å²) >= 11 is 1.92. The minimum Gasteiger partial charge on any atom is -0.353 e. The van der Waals surface area contributed by atoms with Crippen molar-refractivity contribution in [2.45, 2.75) is 56.9 Å². The van der Waals surface area contributed by atoms with Crippen LogP contribution in [0.5, 0.6) is 0 Å². The number of thioether (sulfide) groups is 1. The van der Waals surface area contributed by atoms with Gasteiger partial charge in [0.15, 0.2) is 0 Å². The average Bonchev–Trinajstić information content (AvgIpc) is 2.28. The van der Waals surface area contributed by atoms with E-state index in [-0.39, 0.29) is 0 Å². The number of hydrazine groups is 1. The maximum atomic E-state index is 5.48. The molecule has 16 heavy (non-hydrogen) atoms. The van der Waals surface area contributed by atoms with Crippen molar-refractivity contribution in [3.05, 3.63) is 0 Å². The van der Waals surface area contributed by atoms with Gasteiger partial charge < -0.3 is 5.32 Å². The fourth-order valence-electron chi connectivity index (χ4n) is 2.06. The van der Waals surface area contributed by atoms with Crippen LogP contribution in [-0.2, 0) is 0 Å². The summed E-state index contributed by atoms with van der Waals surface area (Å²) in [6, 6.07) is 0.757. The van der Waals surface area contributed by atoms with Gasteiger partial charge in [0.1, 0.15) is 0 Å². The molecule has 0 saturated heterocycles. The van der Waals surface area contributed by atoms with Gasteiger partial charge in [-0.25, -0.2) is 10.8 Å². The second-order valence-corrected chi connectivity index (χ2v) is 5.62. The van der Waals surface area contributed by atoms with E-state index < -0.39 is 0 Å². The minimum atomic E-state index is 0.353. The highest BCUT2D eigenvalue weighted by molar-refractivity contribution is 7.99. The number of nitrogens with one attached hydrogen (secondary N) is 2. The van der Waals surface area contributed by atoms with E-state index in [1.54, 1.807) is 0 Å². The van der Waals surface area contributed by atoms with Crippen LogP contribution in [0.2, 0.25) is 0 Å². The summed E-state index contributed by atoms with van der Waals surface area (Å²) in [5, 5.41) is 3.87. The highest BCUT2D eigenvalue weighted by atomic mass is 32.2. The molecule has 0 aromatic heterocycles.